The van der Waals surface area contributed by atoms with Gasteiger partial charge in [-0.1, -0.05) is 30.3 Å². The van der Waals surface area contributed by atoms with Crippen LogP contribution in [-0.4, -0.2) is 22.9 Å². The lowest BCUT2D eigenvalue weighted by atomic mass is 9.95. The third kappa shape index (κ3) is 2.67. The van der Waals surface area contributed by atoms with E-state index in [0.717, 1.165) is 33.9 Å². The maximum Gasteiger partial charge on any atom is 0.213 e. The van der Waals surface area contributed by atoms with Crippen LogP contribution in [0.15, 0.2) is 77.9 Å². The van der Waals surface area contributed by atoms with Gasteiger partial charge in [0.15, 0.2) is 0 Å². The smallest absolute Gasteiger partial charge is 0.213 e. The molecule has 2 aliphatic rings. The second kappa shape index (κ2) is 6.60. The minimum Gasteiger partial charge on any atom is -0.507 e. The van der Waals surface area contributed by atoms with E-state index in [0.29, 0.717) is 6.42 Å². The van der Waals surface area contributed by atoms with Gasteiger partial charge in [-0.2, -0.15) is 5.10 Å². The fourth-order valence-electron chi connectivity index (χ4n) is 3.90. The average Bonchev–Trinajstić information content (AvgIpc) is 3.19. The molecule has 0 bridgehead atoms. The number of fused-ring (bicyclic) bond motifs is 3. The molecule has 0 unspecified atom stereocenters. The van der Waals surface area contributed by atoms with Crippen molar-refractivity contribution in [3.8, 4) is 17.2 Å². The standard InChI is InChI=1S/C23H20N2O3/c1-27-16-12-10-15(11-13-16)23-25-20(18-7-3-5-9-22(18)28-23)14-19(24-25)17-6-2-4-8-21(17)26/h2-13,20,23,26H,14H2,1H3/t20-,23-/m0/s1. The second-order valence-corrected chi connectivity index (χ2v) is 6.94. The largest absolute Gasteiger partial charge is 0.507 e. The zero-order valence-electron chi connectivity index (χ0n) is 15.4. The van der Waals surface area contributed by atoms with Crippen molar-refractivity contribution in [3.63, 3.8) is 0 Å². The lowest BCUT2D eigenvalue weighted by molar-refractivity contribution is -0.0190. The first kappa shape index (κ1) is 16.7. The molecule has 2 atom stereocenters. The van der Waals surface area contributed by atoms with Crippen LogP contribution in [0.25, 0.3) is 0 Å². The number of hydrogen-bond donors (Lipinski definition) is 1. The van der Waals surface area contributed by atoms with Crippen LogP contribution in [0, 0.1) is 0 Å². The molecule has 0 amide bonds. The minimum atomic E-state index is -0.339. The lowest BCUT2D eigenvalue weighted by Crippen LogP contribution is -2.33. The van der Waals surface area contributed by atoms with Crippen LogP contribution in [0.3, 0.4) is 0 Å². The second-order valence-electron chi connectivity index (χ2n) is 6.94. The van der Waals surface area contributed by atoms with E-state index in [4.69, 9.17) is 14.6 Å². The molecule has 3 aromatic rings. The first-order valence-corrected chi connectivity index (χ1v) is 9.28. The van der Waals surface area contributed by atoms with Gasteiger partial charge in [-0.25, -0.2) is 5.01 Å². The molecule has 0 radical (unpaired) electrons. The van der Waals surface area contributed by atoms with Crippen molar-refractivity contribution < 1.29 is 14.6 Å². The molecular formula is C23H20N2O3. The van der Waals surface area contributed by atoms with Crippen LogP contribution < -0.4 is 9.47 Å². The zero-order valence-corrected chi connectivity index (χ0v) is 15.4. The van der Waals surface area contributed by atoms with E-state index < -0.39 is 0 Å². The maximum atomic E-state index is 10.3. The van der Waals surface area contributed by atoms with Crippen molar-refractivity contribution >= 4 is 5.71 Å². The molecule has 0 saturated heterocycles. The summed E-state index contributed by atoms with van der Waals surface area (Å²) in [6, 6.07) is 23.3. The number of hydrogen-bond acceptors (Lipinski definition) is 5. The summed E-state index contributed by atoms with van der Waals surface area (Å²) < 4.78 is 11.6. The van der Waals surface area contributed by atoms with Gasteiger partial charge in [0.2, 0.25) is 6.23 Å². The number of hydrazone groups is 1. The van der Waals surface area contributed by atoms with E-state index in [1.165, 1.54) is 0 Å². The SMILES string of the molecule is COc1ccc([C@@H]2Oc3ccccc3[C@@H]3CC(c4ccccc4O)=NN32)cc1. The van der Waals surface area contributed by atoms with E-state index in [-0.39, 0.29) is 18.0 Å². The van der Waals surface area contributed by atoms with Gasteiger partial charge in [0.05, 0.1) is 18.9 Å². The predicted molar refractivity (Wildman–Crippen MR) is 107 cm³/mol. The van der Waals surface area contributed by atoms with Crippen LogP contribution in [0.4, 0.5) is 0 Å². The molecule has 5 heteroatoms. The molecule has 2 aliphatic heterocycles. The summed E-state index contributed by atoms with van der Waals surface area (Å²) in [5, 5.41) is 17.2. The van der Waals surface area contributed by atoms with Crippen LogP contribution in [0.1, 0.15) is 35.4 Å². The first-order chi connectivity index (χ1) is 13.7. The zero-order chi connectivity index (χ0) is 19.1. The third-order valence-electron chi connectivity index (χ3n) is 5.31. The molecule has 0 aromatic heterocycles. The van der Waals surface area contributed by atoms with E-state index in [1.54, 1.807) is 13.2 Å². The van der Waals surface area contributed by atoms with Crippen LogP contribution in [0.5, 0.6) is 17.2 Å². The predicted octanol–water partition coefficient (Wildman–Crippen LogP) is 4.64. The molecule has 140 valence electrons. The van der Waals surface area contributed by atoms with E-state index in [9.17, 15) is 5.11 Å². The van der Waals surface area contributed by atoms with Gasteiger partial charge in [-0.3, -0.25) is 0 Å². The number of benzene rings is 3. The van der Waals surface area contributed by atoms with Crippen molar-refractivity contribution in [3.05, 3.63) is 89.5 Å². The molecule has 5 rings (SSSR count). The number of phenols is 1. The average molecular weight is 372 g/mol. The Morgan fingerprint density at radius 1 is 1.00 bits per heavy atom. The van der Waals surface area contributed by atoms with Crippen molar-refractivity contribution in [2.75, 3.05) is 7.11 Å². The number of para-hydroxylation sites is 2. The molecule has 0 saturated carbocycles. The molecular weight excluding hydrogens is 352 g/mol. The van der Waals surface area contributed by atoms with Gasteiger partial charge in [-0.05, 0) is 42.5 Å². The van der Waals surface area contributed by atoms with Gasteiger partial charge >= 0.3 is 0 Å². The Balaban J connectivity index is 1.59. The van der Waals surface area contributed by atoms with Crippen LogP contribution in [0.2, 0.25) is 0 Å². The Bertz CT molecular complexity index is 1050. The molecule has 5 nitrogen and oxygen atoms in total. The van der Waals surface area contributed by atoms with Crippen molar-refractivity contribution in [2.24, 2.45) is 5.10 Å². The summed E-state index contributed by atoms with van der Waals surface area (Å²) in [4.78, 5) is 0. The normalized spacial score (nSPS) is 20.0. The summed E-state index contributed by atoms with van der Waals surface area (Å²) in [5.41, 5.74) is 3.74. The first-order valence-electron chi connectivity index (χ1n) is 9.28. The van der Waals surface area contributed by atoms with Gasteiger partial charge in [0.1, 0.15) is 17.2 Å². The van der Waals surface area contributed by atoms with Crippen molar-refractivity contribution in [1.29, 1.82) is 0 Å². The van der Waals surface area contributed by atoms with E-state index in [2.05, 4.69) is 6.07 Å². The fourth-order valence-corrected chi connectivity index (χ4v) is 3.90. The van der Waals surface area contributed by atoms with Crippen molar-refractivity contribution in [1.82, 2.24) is 5.01 Å². The number of methoxy groups -OCH3 is 1. The Kier molecular flexibility index (Phi) is 3.93. The van der Waals surface area contributed by atoms with Gasteiger partial charge in [-0.15, -0.1) is 0 Å². The van der Waals surface area contributed by atoms with Crippen molar-refractivity contribution in [2.45, 2.75) is 18.7 Å². The van der Waals surface area contributed by atoms with Gasteiger partial charge in [0.25, 0.3) is 0 Å². The highest BCUT2D eigenvalue weighted by Crippen LogP contribution is 2.47. The monoisotopic (exact) mass is 372 g/mol. The van der Waals surface area contributed by atoms with Gasteiger partial charge < -0.3 is 14.6 Å². The molecule has 0 fully saturated rings. The molecule has 2 heterocycles. The minimum absolute atomic E-state index is 0.0617. The summed E-state index contributed by atoms with van der Waals surface area (Å²) >= 11 is 0. The summed E-state index contributed by atoms with van der Waals surface area (Å²) in [6.45, 7) is 0. The quantitative estimate of drug-likeness (QED) is 0.728. The number of rotatable bonds is 3. The highest BCUT2D eigenvalue weighted by Gasteiger charge is 2.41. The molecule has 1 N–H and O–H groups in total. The molecule has 28 heavy (non-hydrogen) atoms. The fraction of sp³-hybridized carbons (Fsp3) is 0.174. The summed E-state index contributed by atoms with van der Waals surface area (Å²) in [7, 11) is 1.65. The number of nitrogens with zero attached hydrogens (tertiary/aromatic N) is 2. The van der Waals surface area contributed by atoms with Crippen LogP contribution >= 0.6 is 0 Å². The third-order valence-corrected chi connectivity index (χ3v) is 5.31. The topological polar surface area (TPSA) is 54.3 Å². The lowest BCUT2D eigenvalue weighted by Gasteiger charge is -2.38. The Morgan fingerprint density at radius 3 is 2.54 bits per heavy atom. The Labute approximate surface area is 163 Å². The Morgan fingerprint density at radius 2 is 1.75 bits per heavy atom. The van der Waals surface area contributed by atoms with E-state index in [1.807, 2.05) is 65.7 Å². The number of phenolic OH excluding ortho intramolecular Hbond substituents is 1. The highest BCUT2D eigenvalue weighted by molar-refractivity contribution is 6.04. The molecule has 0 spiro atoms. The molecule has 0 aliphatic carbocycles. The van der Waals surface area contributed by atoms with E-state index >= 15 is 0 Å². The highest BCUT2D eigenvalue weighted by atomic mass is 16.5. The number of ether oxygens (including phenoxy) is 2. The number of aromatic hydroxyl groups is 1. The summed E-state index contributed by atoms with van der Waals surface area (Å²) in [5.74, 6) is 1.92. The Hall–Kier alpha value is -3.47. The molecule has 3 aromatic carbocycles. The maximum absolute atomic E-state index is 10.3. The van der Waals surface area contributed by atoms with Gasteiger partial charge in [0, 0.05) is 23.1 Å². The summed E-state index contributed by atoms with van der Waals surface area (Å²) in [6.07, 6.45) is 0.374. The van der Waals surface area contributed by atoms with Crippen LogP contribution in [-0.2, 0) is 0 Å².